The van der Waals surface area contributed by atoms with Gasteiger partial charge in [-0.05, 0) is 26.2 Å². The number of ether oxygens (including phenoxy) is 14. The number of hydrogen-bond donors (Lipinski definition) is 25. The van der Waals surface area contributed by atoms with Crippen LogP contribution in [0.25, 0.3) is 0 Å². The lowest BCUT2D eigenvalue weighted by atomic mass is 9.88. The van der Waals surface area contributed by atoms with Gasteiger partial charge in [-0.2, -0.15) is 0 Å². The number of amides is 4. The molecule has 7 rings (SSSR count). The summed E-state index contributed by atoms with van der Waals surface area (Å²) in [7, 11) is 0. The number of carbonyl (C=O) groups is 5. The first kappa shape index (κ1) is 114. The topological polar surface area (TPSA) is 688 Å². The molecule has 25 N–H and O–H groups in total. The molecule has 44 nitrogen and oxygen atoms in total. The number of aliphatic hydroxyl groups excluding tert-OH is 20. The van der Waals surface area contributed by atoms with E-state index in [1.807, 2.05) is 0 Å². The Labute approximate surface area is 764 Å². The highest BCUT2D eigenvalue weighted by molar-refractivity contribution is 5.77. The standard InChI is InChI=1S/C87H154N4O40/c1-7-9-11-13-15-17-19-21-22-24-26-28-30-32-34-36-58(104)91-49(50(101)35-33-31-29-27-25-23-20-18-16-14-12-10-8-2)44-118-82-70(113)68(111)73(56(42-96)123-82)125-85-72(115)79(131-87(86(116)117)37-51(102)59(88-46(4)98)77(130-87)63(106)52(103)38-92)74(57(43-97)124-85)126-80-60(89-47(5)99)76(65(108)53(39-93)120-80)128-84-71(114)78(66(109)55(41-95)122-84)129-81-61(90-48(6)100)75(64(107)54(40-94)121-81)127-83-69(112)67(110)62(105)45(3)119-83/h33,35,45,49-57,59-85,92-97,101-103,105-115H,7-32,34,36-44H2,1-6H3,(H,88,98)(H,89,99)(H,90,100)(H,91,104)(H,116,117)/b35-33+/t45?,49-,50+,51?,52+,53?,54?,55?,56?,57?,59+,60?,61?,62+,63+,64-,65-,66-,67?,68+,69-,70?,71?,72?,73+,74-,75+,76+,77?,78-,79+,80-,81-,82+,83+,84-,85-,87-/m0/s1. The maximum Gasteiger partial charge on any atom is 0.364 e. The van der Waals surface area contributed by atoms with E-state index in [9.17, 15) is 131 Å². The van der Waals surface area contributed by atoms with Crippen LogP contribution in [0, 0.1) is 0 Å². The fourth-order valence-electron chi connectivity index (χ4n) is 17.6. The summed E-state index contributed by atoms with van der Waals surface area (Å²) in [6.07, 6.45) is -37.1. The highest BCUT2D eigenvalue weighted by atomic mass is 16.8. The van der Waals surface area contributed by atoms with Gasteiger partial charge >= 0.3 is 5.97 Å². The first-order chi connectivity index (χ1) is 62.6. The molecule has 0 saturated carbocycles. The predicted molar refractivity (Wildman–Crippen MR) is 454 cm³/mol. The molecule has 0 radical (unpaired) electrons. The zero-order chi connectivity index (χ0) is 96.3. The molecule has 0 aliphatic carbocycles. The van der Waals surface area contributed by atoms with Gasteiger partial charge in [-0.1, -0.05) is 180 Å². The van der Waals surface area contributed by atoms with Crippen LogP contribution in [0.1, 0.15) is 228 Å². The molecule has 7 aliphatic heterocycles. The average molecular weight is 1900 g/mol. The molecule has 0 aromatic carbocycles. The van der Waals surface area contributed by atoms with Crippen molar-refractivity contribution in [3.05, 3.63) is 12.2 Å². The molecule has 0 aromatic rings. The number of hydrogen-bond acceptors (Lipinski definition) is 39. The summed E-state index contributed by atoms with van der Waals surface area (Å²) in [6, 6.07) is -6.92. The van der Waals surface area contributed by atoms with Crippen LogP contribution in [0.5, 0.6) is 0 Å². The fourth-order valence-corrected chi connectivity index (χ4v) is 17.6. The van der Waals surface area contributed by atoms with Crippen molar-refractivity contribution in [1.29, 1.82) is 0 Å². The van der Waals surface area contributed by atoms with Crippen molar-refractivity contribution < 1.29 is 198 Å². The average Bonchev–Trinajstić information content (AvgIpc) is 0.754. The van der Waals surface area contributed by atoms with Crippen LogP contribution in [-0.4, -0.2) is 416 Å². The van der Waals surface area contributed by atoms with E-state index >= 15 is 0 Å². The van der Waals surface area contributed by atoms with Crippen molar-refractivity contribution in [3.8, 4) is 0 Å². The number of allylic oxidation sites excluding steroid dienone is 1. The van der Waals surface area contributed by atoms with Crippen LogP contribution in [0.2, 0.25) is 0 Å². The Morgan fingerprint density at radius 1 is 0.412 bits per heavy atom. The molecule has 38 atom stereocenters. The molecule has 44 heteroatoms. The van der Waals surface area contributed by atoms with Gasteiger partial charge in [0.15, 0.2) is 37.7 Å². The summed E-state index contributed by atoms with van der Waals surface area (Å²) in [4.78, 5) is 67.0. The summed E-state index contributed by atoms with van der Waals surface area (Å²) in [5, 5.41) is 249. The van der Waals surface area contributed by atoms with Gasteiger partial charge in [-0.25, -0.2) is 4.79 Å². The lowest BCUT2D eigenvalue weighted by Gasteiger charge is -2.53. The van der Waals surface area contributed by atoms with E-state index in [4.69, 9.17) is 66.3 Å². The number of carbonyl (C=O) groups excluding carboxylic acids is 4. The van der Waals surface area contributed by atoms with Gasteiger partial charge in [-0.3, -0.25) is 19.2 Å². The lowest BCUT2D eigenvalue weighted by Crippen LogP contribution is -2.72. The van der Waals surface area contributed by atoms with E-state index in [0.717, 1.165) is 85.0 Å². The highest BCUT2D eigenvalue weighted by Crippen LogP contribution is 2.43. The molecule has 0 spiro atoms. The lowest BCUT2D eigenvalue weighted by molar-refractivity contribution is -0.404. The van der Waals surface area contributed by atoms with Crippen molar-refractivity contribution in [2.75, 3.05) is 46.2 Å². The Hall–Kier alpha value is -4.27. The molecule has 7 aliphatic rings. The van der Waals surface area contributed by atoms with E-state index in [1.54, 1.807) is 6.08 Å². The molecular formula is C87H154N4O40. The number of rotatable bonds is 58. The molecular weight excluding hydrogens is 1740 g/mol. The van der Waals surface area contributed by atoms with Gasteiger partial charge in [0.25, 0.3) is 5.79 Å². The molecule has 4 amide bonds. The minimum absolute atomic E-state index is 0.100. The quantitative estimate of drug-likeness (QED) is 0.0203. The van der Waals surface area contributed by atoms with Crippen molar-refractivity contribution in [2.24, 2.45) is 0 Å². The van der Waals surface area contributed by atoms with Crippen LogP contribution < -0.4 is 21.3 Å². The molecule has 0 bridgehead atoms. The maximum atomic E-state index is 14.1. The number of nitrogens with one attached hydrogen (secondary N) is 4. The number of carboxylic acid groups (broad SMARTS) is 1. The third-order valence-corrected chi connectivity index (χ3v) is 25.2. The third-order valence-electron chi connectivity index (χ3n) is 25.2. The molecule has 7 heterocycles. The third kappa shape index (κ3) is 32.9. The molecule has 762 valence electrons. The van der Waals surface area contributed by atoms with Crippen LogP contribution >= 0.6 is 0 Å². The smallest absolute Gasteiger partial charge is 0.364 e. The second-order valence-electron chi connectivity index (χ2n) is 35.6. The summed E-state index contributed by atoms with van der Waals surface area (Å²) < 4.78 is 85.0. The number of unbranched alkanes of at least 4 members (excludes halogenated alkanes) is 25. The molecule has 7 fully saturated rings. The van der Waals surface area contributed by atoms with Crippen molar-refractivity contribution in [3.63, 3.8) is 0 Å². The second kappa shape index (κ2) is 57.9. The van der Waals surface area contributed by atoms with E-state index in [1.165, 1.54) is 109 Å². The zero-order valence-electron chi connectivity index (χ0n) is 76.1. The first-order valence-electron chi connectivity index (χ1n) is 47.0. The Morgan fingerprint density at radius 3 is 1.25 bits per heavy atom. The van der Waals surface area contributed by atoms with Gasteiger partial charge in [0.2, 0.25) is 23.6 Å². The maximum absolute atomic E-state index is 14.1. The van der Waals surface area contributed by atoms with E-state index in [-0.39, 0.29) is 6.42 Å². The summed E-state index contributed by atoms with van der Waals surface area (Å²) in [5.41, 5.74) is 0. The Kier molecular flexibility index (Phi) is 50.3. The molecule has 14 unspecified atom stereocenters. The van der Waals surface area contributed by atoms with Crippen LogP contribution in [0.4, 0.5) is 0 Å². The molecule has 0 aromatic heterocycles. The Balaban J connectivity index is 1.16. The number of carboxylic acids is 1. The molecule has 131 heavy (non-hydrogen) atoms. The van der Waals surface area contributed by atoms with Gasteiger partial charge in [0, 0.05) is 33.6 Å². The number of aliphatic hydroxyl groups is 20. The van der Waals surface area contributed by atoms with E-state index < -0.39 is 315 Å². The minimum atomic E-state index is -3.48. The first-order valence-corrected chi connectivity index (χ1v) is 47.0. The Bertz CT molecular complexity index is 3280. The number of aliphatic carboxylic acids is 1. The van der Waals surface area contributed by atoms with Crippen molar-refractivity contribution in [1.82, 2.24) is 21.3 Å². The summed E-state index contributed by atoms with van der Waals surface area (Å²) in [5.74, 6) is -8.94. The fraction of sp³-hybridized carbons (Fsp3) is 0.920. The highest BCUT2D eigenvalue weighted by Gasteiger charge is 2.63. The van der Waals surface area contributed by atoms with Crippen LogP contribution in [0.3, 0.4) is 0 Å². The van der Waals surface area contributed by atoms with Crippen molar-refractivity contribution >= 4 is 29.6 Å². The van der Waals surface area contributed by atoms with Crippen LogP contribution in [-0.2, 0) is 90.3 Å². The van der Waals surface area contributed by atoms with Crippen LogP contribution in [0.15, 0.2) is 12.2 Å². The zero-order valence-corrected chi connectivity index (χ0v) is 76.1. The molecule has 7 saturated heterocycles. The minimum Gasteiger partial charge on any atom is -0.477 e. The Morgan fingerprint density at radius 2 is 0.794 bits per heavy atom. The SMILES string of the molecule is CCCCCCCCCCCCC/C=C/[C@@H](O)[C@H](CO[C@@H]1OC(CO)[C@@H](O[C@@H]2OC(CO)[C@H](O[C@@H]3OC(CO)[C@H](O)[C@H](O[C@@H]4OC(CO)[C@H](O)[C@H](O[C@@H]5OC(CO)[C@H](O)[C@H](O[C@H]6OC(C)[C@@H](O)C(O)[C@@H]6O)C5NC(C)=O)C4O)C3NC(C)=O)[C@H](O[C@]3(C(=O)O)CC(O)[C@@H](NC(C)=O)C([C@H](O)[C@H](O)CO)O3)C2O)[C@H](O)C1O)NC(=O)CCCCCCCCCCCCCCCCC. The summed E-state index contributed by atoms with van der Waals surface area (Å²) >= 11 is 0. The normalized spacial score (nSPS) is 37.5. The van der Waals surface area contributed by atoms with Gasteiger partial charge in [0.1, 0.15) is 159 Å². The van der Waals surface area contributed by atoms with Crippen molar-refractivity contribution in [2.45, 2.75) is 460 Å². The second-order valence-corrected chi connectivity index (χ2v) is 35.6. The predicted octanol–water partition coefficient (Wildman–Crippen LogP) is -4.22. The van der Waals surface area contributed by atoms with Gasteiger partial charge in [0.05, 0.1) is 76.6 Å². The van der Waals surface area contributed by atoms with E-state index in [2.05, 4.69) is 35.1 Å². The van der Waals surface area contributed by atoms with E-state index in [0.29, 0.717) is 12.8 Å². The van der Waals surface area contributed by atoms with Gasteiger partial charge < -0.3 is 195 Å². The van der Waals surface area contributed by atoms with Gasteiger partial charge in [-0.15, -0.1) is 0 Å². The largest absolute Gasteiger partial charge is 0.477 e. The monoisotopic (exact) mass is 1900 g/mol. The summed E-state index contributed by atoms with van der Waals surface area (Å²) in [6.45, 7) is 0.879.